The lowest BCUT2D eigenvalue weighted by molar-refractivity contribution is -0.137. The molecule has 1 aromatic heterocycles. The number of benzene rings is 2. The summed E-state index contributed by atoms with van der Waals surface area (Å²) in [4.78, 5) is 29.8. The molecule has 3 amide bonds. The number of hydrogen-bond acceptors (Lipinski definition) is 3. The van der Waals surface area contributed by atoms with Crippen LogP contribution < -0.4 is 16.0 Å². The average Bonchev–Trinajstić information content (AvgIpc) is 3.35. The molecule has 1 aliphatic rings. The summed E-state index contributed by atoms with van der Waals surface area (Å²) in [6, 6.07) is 7.67. The summed E-state index contributed by atoms with van der Waals surface area (Å²) in [5.41, 5.74) is 1.37. The molecule has 10 heteroatoms. The van der Waals surface area contributed by atoms with Crippen molar-refractivity contribution in [3.05, 3.63) is 89.1 Å². The lowest BCUT2D eigenvalue weighted by atomic mass is 9.90. The van der Waals surface area contributed by atoms with E-state index in [2.05, 4.69) is 27.5 Å². The van der Waals surface area contributed by atoms with Crippen LogP contribution in [0.5, 0.6) is 0 Å². The van der Waals surface area contributed by atoms with E-state index in [4.69, 9.17) is 0 Å². The summed E-state index contributed by atoms with van der Waals surface area (Å²) in [5, 5.41) is 8.27. The van der Waals surface area contributed by atoms with Gasteiger partial charge < -0.3 is 20.5 Å². The molecule has 2 heterocycles. The van der Waals surface area contributed by atoms with E-state index >= 15 is 0 Å². The first-order valence-electron chi connectivity index (χ1n) is 10.8. The van der Waals surface area contributed by atoms with Crippen LogP contribution in [0, 0.1) is 13.8 Å². The quantitative estimate of drug-likeness (QED) is 0.509. The minimum absolute atomic E-state index is 0.0480. The number of hydrogen-bond donors (Lipinski definition) is 3. The van der Waals surface area contributed by atoms with E-state index in [-0.39, 0.29) is 6.54 Å². The van der Waals surface area contributed by atoms with Gasteiger partial charge in [-0.3, -0.25) is 4.79 Å². The normalized spacial score (nSPS) is 17.8. The number of carbonyl (C=O) groups excluding carboxylic acids is 2. The van der Waals surface area contributed by atoms with E-state index in [1.54, 1.807) is 36.1 Å². The second-order valence-corrected chi connectivity index (χ2v) is 8.51. The SMILES string of the molecule is C=C1NC(=O)NC1(CNC(=O)c1ccc(C)c(C)c1-c1ccc(C(F)(F)F)cc1)c1nccn1C. The molecule has 1 fully saturated rings. The average molecular weight is 483 g/mol. The largest absolute Gasteiger partial charge is 0.416 e. The summed E-state index contributed by atoms with van der Waals surface area (Å²) < 4.78 is 40.9. The summed E-state index contributed by atoms with van der Waals surface area (Å²) in [7, 11) is 1.76. The van der Waals surface area contributed by atoms with E-state index in [1.807, 2.05) is 13.8 Å². The zero-order valence-electron chi connectivity index (χ0n) is 19.4. The van der Waals surface area contributed by atoms with Crippen LogP contribution in [0.15, 0.2) is 61.1 Å². The van der Waals surface area contributed by atoms with Crippen LogP contribution in [0.3, 0.4) is 0 Å². The number of aryl methyl sites for hydroxylation is 2. The van der Waals surface area contributed by atoms with Gasteiger partial charge in [-0.25, -0.2) is 9.78 Å². The molecule has 3 aromatic rings. The fraction of sp³-hybridized carbons (Fsp3) is 0.240. The molecule has 35 heavy (non-hydrogen) atoms. The van der Waals surface area contributed by atoms with Gasteiger partial charge in [-0.15, -0.1) is 0 Å². The van der Waals surface area contributed by atoms with Crippen LogP contribution in [-0.4, -0.2) is 28.0 Å². The van der Waals surface area contributed by atoms with E-state index in [9.17, 15) is 22.8 Å². The van der Waals surface area contributed by atoms with Gasteiger partial charge >= 0.3 is 12.2 Å². The molecule has 1 saturated heterocycles. The van der Waals surface area contributed by atoms with Gasteiger partial charge in [-0.2, -0.15) is 13.2 Å². The van der Waals surface area contributed by atoms with Crippen molar-refractivity contribution in [3.63, 3.8) is 0 Å². The van der Waals surface area contributed by atoms with Crippen LogP contribution in [-0.2, 0) is 18.8 Å². The van der Waals surface area contributed by atoms with Crippen LogP contribution in [0.2, 0.25) is 0 Å². The third-order valence-corrected chi connectivity index (χ3v) is 6.30. The van der Waals surface area contributed by atoms with Gasteiger partial charge in [-0.05, 0) is 54.3 Å². The topological polar surface area (TPSA) is 88.1 Å². The summed E-state index contributed by atoms with van der Waals surface area (Å²) >= 11 is 0. The Morgan fingerprint density at radius 3 is 2.40 bits per heavy atom. The Hall–Kier alpha value is -4.08. The van der Waals surface area contributed by atoms with E-state index < -0.39 is 29.2 Å². The third-order valence-electron chi connectivity index (χ3n) is 6.30. The van der Waals surface area contributed by atoms with Crippen molar-refractivity contribution in [3.8, 4) is 11.1 Å². The van der Waals surface area contributed by atoms with Crippen LogP contribution >= 0.6 is 0 Å². The Bertz CT molecular complexity index is 1330. The summed E-state index contributed by atoms with van der Waals surface area (Å²) in [5.74, 6) is 0.0229. The predicted molar refractivity (Wildman–Crippen MR) is 124 cm³/mol. The van der Waals surface area contributed by atoms with Crippen molar-refractivity contribution in [2.75, 3.05) is 6.54 Å². The maximum Gasteiger partial charge on any atom is 0.416 e. The Morgan fingerprint density at radius 1 is 1.17 bits per heavy atom. The first-order valence-corrected chi connectivity index (χ1v) is 10.8. The second kappa shape index (κ2) is 8.61. The number of rotatable bonds is 5. The van der Waals surface area contributed by atoms with Crippen molar-refractivity contribution in [1.29, 1.82) is 0 Å². The Balaban J connectivity index is 1.69. The number of nitrogens with one attached hydrogen (secondary N) is 3. The fourth-order valence-electron chi connectivity index (χ4n) is 4.25. The molecule has 0 bridgehead atoms. The lowest BCUT2D eigenvalue weighted by Crippen LogP contribution is -2.50. The van der Waals surface area contributed by atoms with E-state index in [0.29, 0.717) is 28.2 Å². The van der Waals surface area contributed by atoms with Crippen molar-refractivity contribution in [2.24, 2.45) is 7.05 Å². The van der Waals surface area contributed by atoms with Gasteiger partial charge in [0.25, 0.3) is 5.91 Å². The smallest absolute Gasteiger partial charge is 0.349 e. The zero-order valence-corrected chi connectivity index (χ0v) is 19.4. The highest BCUT2D eigenvalue weighted by molar-refractivity contribution is 6.02. The monoisotopic (exact) mass is 483 g/mol. The van der Waals surface area contributed by atoms with E-state index in [1.165, 1.54) is 12.1 Å². The highest BCUT2D eigenvalue weighted by Gasteiger charge is 2.46. The predicted octanol–water partition coefficient (Wildman–Crippen LogP) is 4.17. The van der Waals surface area contributed by atoms with E-state index in [0.717, 1.165) is 23.3 Å². The standard InChI is InChI=1S/C25H24F3N5O2/c1-14-5-10-19(20(15(14)2)17-6-8-18(9-7-17)25(26,27)28)21(34)30-13-24(16(3)31-23(35)32-24)22-29-11-12-33(22)4/h5-12H,3,13H2,1-2,4H3,(H,30,34)(H2,31,32,35). The molecular formula is C25H24F3N5O2. The third kappa shape index (κ3) is 4.27. The van der Waals surface area contributed by atoms with Crippen molar-refractivity contribution in [1.82, 2.24) is 25.5 Å². The summed E-state index contributed by atoms with van der Waals surface area (Å²) in [6.07, 6.45) is -1.17. The fourth-order valence-corrected chi connectivity index (χ4v) is 4.25. The zero-order chi connectivity index (χ0) is 25.5. The molecule has 0 spiro atoms. The number of urea groups is 1. The number of carbonyl (C=O) groups is 2. The molecule has 182 valence electrons. The first-order chi connectivity index (χ1) is 16.4. The molecule has 0 aliphatic carbocycles. The molecule has 4 rings (SSSR count). The number of imidazole rings is 1. The molecule has 1 unspecified atom stereocenters. The van der Waals surface area contributed by atoms with Crippen molar-refractivity contribution in [2.45, 2.75) is 25.6 Å². The van der Waals surface area contributed by atoms with Gasteiger partial charge in [0.05, 0.1) is 12.1 Å². The highest BCUT2D eigenvalue weighted by Crippen LogP contribution is 2.34. The van der Waals surface area contributed by atoms with Gasteiger partial charge in [-0.1, -0.05) is 24.8 Å². The minimum atomic E-state index is -4.46. The molecule has 1 aliphatic heterocycles. The number of halogens is 3. The van der Waals surface area contributed by atoms with Gasteiger partial charge in [0.15, 0.2) is 5.54 Å². The maximum absolute atomic E-state index is 13.4. The van der Waals surface area contributed by atoms with Crippen molar-refractivity contribution >= 4 is 11.9 Å². The Kier molecular flexibility index (Phi) is 5.92. The van der Waals surface area contributed by atoms with Crippen LogP contribution in [0.25, 0.3) is 11.1 Å². The number of nitrogens with zero attached hydrogens (tertiary/aromatic N) is 2. The summed E-state index contributed by atoms with van der Waals surface area (Å²) in [6.45, 7) is 7.57. The number of aromatic nitrogens is 2. The molecule has 7 nitrogen and oxygen atoms in total. The Morgan fingerprint density at radius 2 is 1.86 bits per heavy atom. The number of amides is 3. The maximum atomic E-state index is 13.4. The molecular weight excluding hydrogens is 459 g/mol. The van der Waals surface area contributed by atoms with Gasteiger partial charge in [0.2, 0.25) is 0 Å². The number of alkyl halides is 3. The van der Waals surface area contributed by atoms with Crippen LogP contribution in [0.1, 0.15) is 32.9 Å². The first kappa shape index (κ1) is 24.1. The molecule has 2 aromatic carbocycles. The highest BCUT2D eigenvalue weighted by atomic mass is 19.4. The molecule has 3 N–H and O–H groups in total. The Labute approximate surface area is 200 Å². The van der Waals surface area contributed by atoms with Crippen molar-refractivity contribution < 1.29 is 22.8 Å². The molecule has 0 radical (unpaired) electrons. The molecule has 0 saturated carbocycles. The second-order valence-electron chi connectivity index (χ2n) is 8.51. The van der Waals surface area contributed by atoms with Gasteiger partial charge in [0, 0.05) is 30.7 Å². The minimum Gasteiger partial charge on any atom is -0.349 e. The van der Waals surface area contributed by atoms with Gasteiger partial charge in [0.1, 0.15) is 5.82 Å². The van der Waals surface area contributed by atoms with Crippen LogP contribution in [0.4, 0.5) is 18.0 Å². The lowest BCUT2D eigenvalue weighted by Gasteiger charge is -2.29. The molecule has 1 atom stereocenters.